The number of rotatable bonds is 8. The largest absolute Gasteiger partial charge is 0.550 e. The third-order valence-corrected chi connectivity index (χ3v) is 2.43. The minimum atomic E-state index is -1.35. The van der Waals surface area contributed by atoms with Crippen LogP contribution < -0.4 is 10.2 Å². The van der Waals surface area contributed by atoms with Crippen molar-refractivity contribution >= 4 is 23.5 Å². The Morgan fingerprint density at radius 1 is 0.800 bits per heavy atom. The zero-order chi connectivity index (χ0) is 15.1. The molecule has 0 aliphatic rings. The normalized spacial score (nSPS) is 10.0. The second kappa shape index (κ2) is 7.13. The fraction of sp³-hybridized carbons (Fsp3) is 0.308. The Bertz CT molecular complexity index is 506. The van der Waals surface area contributed by atoms with Crippen molar-refractivity contribution in [2.75, 3.05) is 0 Å². The van der Waals surface area contributed by atoms with Crippen LogP contribution in [0.1, 0.15) is 46.7 Å². The highest BCUT2D eigenvalue weighted by atomic mass is 16.4. The first-order valence-corrected chi connectivity index (χ1v) is 5.83. The van der Waals surface area contributed by atoms with Gasteiger partial charge >= 0.3 is 0 Å². The quantitative estimate of drug-likeness (QED) is 0.529. The first-order chi connectivity index (χ1) is 9.40. The fourth-order valence-corrected chi connectivity index (χ4v) is 1.43. The van der Waals surface area contributed by atoms with Gasteiger partial charge in [0, 0.05) is 24.8 Å². The number of carboxylic acids is 2. The zero-order valence-electron chi connectivity index (χ0n) is 10.5. The lowest BCUT2D eigenvalue weighted by atomic mass is 10.1. The number of hydrogen-bond donors (Lipinski definition) is 0. The maximum atomic E-state index is 11.6. The molecule has 0 spiro atoms. The number of carbonyl (C=O) groups excluding carboxylic acids is 4. The lowest BCUT2D eigenvalue weighted by Gasteiger charge is -2.05. The van der Waals surface area contributed by atoms with E-state index in [1.807, 2.05) is 0 Å². The molecule has 1 aromatic rings. The van der Waals surface area contributed by atoms with Gasteiger partial charge in [-0.3, -0.25) is 9.59 Å². The Kier molecular flexibility index (Phi) is 5.52. The first kappa shape index (κ1) is 15.5. The molecular formula is C13H11NO6-2. The summed E-state index contributed by atoms with van der Waals surface area (Å²) in [5, 5.41) is 20.5. The second-order valence-corrected chi connectivity index (χ2v) is 4.00. The fourth-order valence-electron chi connectivity index (χ4n) is 1.43. The summed E-state index contributed by atoms with van der Waals surface area (Å²) in [6, 6.07) is 4.13. The molecule has 0 radical (unpaired) electrons. The lowest BCUT2D eigenvalue weighted by Crippen LogP contribution is -2.23. The van der Waals surface area contributed by atoms with Gasteiger partial charge in [0.1, 0.15) is 11.4 Å². The van der Waals surface area contributed by atoms with Gasteiger partial charge in [-0.15, -0.1) is 0 Å². The van der Waals surface area contributed by atoms with Crippen LogP contribution in [0.3, 0.4) is 0 Å². The van der Waals surface area contributed by atoms with Gasteiger partial charge in [-0.2, -0.15) is 0 Å². The van der Waals surface area contributed by atoms with Crippen LogP contribution in [0.2, 0.25) is 0 Å². The van der Waals surface area contributed by atoms with Crippen molar-refractivity contribution in [3.8, 4) is 0 Å². The van der Waals surface area contributed by atoms with E-state index in [4.69, 9.17) is 0 Å². The average molecular weight is 277 g/mol. The van der Waals surface area contributed by atoms with E-state index in [1.165, 1.54) is 18.2 Å². The Morgan fingerprint density at radius 2 is 1.20 bits per heavy atom. The molecule has 0 saturated carbocycles. The third kappa shape index (κ3) is 4.97. The molecule has 0 aliphatic carbocycles. The molecule has 7 nitrogen and oxygen atoms in total. The number of carboxylic acid groups (broad SMARTS) is 2. The maximum absolute atomic E-state index is 11.6. The molecular weight excluding hydrogens is 266 g/mol. The van der Waals surface area contributed by atoms with Gasteiger partial charge in [0.25, 0.3) is 0 Å². The monoisotopic (exact) mass is 277 g/mol. The summed E-state index contributed by atoms with van der Waals surface area (Å²) in [6.45, 7) is 0. The van der Waals surface area contributed by atoms with E-state index in [0.29, 0.717) is 0 Å². The molecule has 20 heavy (non-hydrogen) atoms. The van der Waals surface area contributed by atoms with Crippen LogP contribution in [0.5, 0.6) is 0 Å². The van der Waals surface area contributed by atoms with Gasteiger partial charge in [-0.1, -0.05) is 6.07 Å². The zero-order valence-corrected chi connectivity index (χ0v) is 10.5. The molecule has 1 heterocycles. The summed E-state index contributed by atoms with van der Waals surface area (Å²) >= 11 is 0. The van der Waals surface area contributed by atoms with Gasteiger partial charge in [-0.05, 0) is 25.0 Å². The maximum Gasteiger partial charge on any atom is 0.181 e. The highest BCUT2D eigenvalue weighted by molar-refractivity contribution is 5.99. The topological polar surface area (TPSA) is 127 Å². The molecule has 1 rings (SSSR count). The van der Waals surface area contributed by atoms with Crippen molar-refractivity contribution in [2.45, 2.75) is 25.7 Å². The van der Waals surface area contributed by atoms with E-state index in [2.05, 4.69) is 4.98 Å². The van der Waals surface area contributed by atoms with Crippen LogP contribution >= 0.6 is 0 Å². The van der Waals surface area contributed by atoms with Crippen LogP contribution in [0, 0.1) is 0 Å². The van der Waals surface area contributed by atoms with Crippen LogP contribution in [0.4, 0.5) is 0 Å². The number of Topliss-reactive ketones (excluding diaryl/α,β-unsaturated/α-hetero) is 2. The van der Waals surface area contributed by atoms with Crippen LogP contribution in [0.25, 0.3) is 0 Å². The van der Waals surface area contributed by atoms with Crippen molar-refractivity contribution in [1.29, 1.82) is 0 Å². The summed E-state index contributed by atoms with van der Waals surface area (Å²) in [5.41, 5.74) is -0.0731. The predicted octanol–water partition coefficient (Wildman–Crippen LogP) is -1.49. The van der Waals surface area contributed by atoms with Gasteiger partial charge in [-0.25, -0.2) is 4.98 Å². The van der Waals surface area contributed by atoms with E-state index in [0.717, 1.165) is 0 Å². The van der Waals surface area contributed by atoms with Crippen molar-refractivity contribution in [3.63, 3.8) is 0 Å². The van der Waals surface area contributed by atoms with Crippen LogP contribution in [-0.4, -0.2) is 28.5 Å². The predicted molar refractivity (Wildman–Crippen MR) is 61.4 cm³/mol. The van der Waals surface area contributed by atoms with E-state index >= 15 is 0 Å². The van der Waals surface area contributed by atoms with E-state index in [9.17, 15) is 29.4 Å². The number of aliphatic carboxylic acids is 2. The number of nitrogens with zero attached hydrogens (tertiary/aromatic N) is 1. The lowest BCUT2D eigenvalue weighted by molar-refractivity contribution is -0.306. The van der Waals surface area contributed by atoms with Crippen molar-refractivity contribution in [3.05, 3.63) is 29.6 Å². The van der Waals surface area contributed by atoms with Gasteiger partial charge in [0.15, 0.2) is 11.6 Å². The minimum absolute atomic E-state index is 0.0365. The summed E-state index contributed by atoms with van der Waals surface area (Å²) < 4.78 is 0. The summed E-state index contributed by atoms with van der Waals surface area (Å²) in [7, 11) is 0. The Balaban J connectivity index is 2.74. The molecule has 7 heteroatoms. The minimum Gasteiger partial charge on any atom is -0.550 e. The van der Waals surface area contributed by atoms with Crippen molar-refractivity contribution in [2.24, 2.45) is 0 Å². The highest BCUT2D eigenvalue weighted by Gasteiger charge is 2.12. The number of aromatic nitrogens is 1. The molecule has 0 aromatic carbocycles. The van der Waals surface area contributed by atoms with E-state index in [1.54, 1.807) is 0 Å². The standard InChI is InChI=1S/C13H13NO6/c15-10(4-6-12(17)18)8-2-1-3-9(14-8)11(16)5-7-13(19)20/h1-3H,4-7H2,(H,17,18)(H,19,20)/p-2. The Labute approximate surface area is 114 Å². The SMILES string of the molecule is O=C([O-])CCC(=O)c1cccc(C(=O)CCC(=O)[O-])n1. The Hall–Kier alpha value is -2.57. The van der Waals surface area contributed by atoms with Crippen LogP contribution in [0.15, 0.2) is 18.2 Å². The molecule has 0 amide bonds. The molecule has 0 fully saturated rings. The summed E-state index contributed by atoms with van der Waals surface area (Å²) in [4.78, 5) is 47.6. The van der Waals surface area contributed by atoms with Crippen LogP contribution in [-0.2, 0) is 9.59 Å². The number of carbonyl (C=O) groups is 4. The van der Waals surface area contributed by atoms with Crippen molar-refractivity contribution < 1.29 is 29.4 Å². The highest BCUT2D eigenvalue weighted by Crippen LogP contribution is 2.07. The number of pyridine rings is 1. The van der Waals surface area contributed by atoms with E-state index in [-0.39, 0.29) is 24.2 Å². The smallest absolute Gasteiger partial charge is 0.181 e. The Morgan fingerprint density at radius 3 is 1.55 bits per heavy atom. The van der Waals surface area contributed by atoms with Crippen molar-refractivity contribution in [1.82, 2.24) is 4.98 Å². The summed E-state index contributed by atoms with van der Waals surface area (Å²) in [6.07, 6.45) is -1.40. The second-order valence-electron chi connectivity index (χ2n) is 4.00. The molecule has 0 bridgehead atoms. The molecule has 106 valence electrons. The summed E-state index contributed by atoms with van der Waals surface area (Å²) in [5.74, 6) is -3.74. The van der Waals surface area contributed by atoms with Gasteiger partial charge in [0.2, 0.25) is 0 Å². The molecule has 0 saturated heterocycles. The first-order valence-electron chi connectivity index (χ1n) is 5.83. The average Bonchev–Trinajstić information content (AvgIpc) is 2.42. The third-order valence-electron chi connectivity index (χ3n) is 2.43. The van der Waals surface area contributed by atoms with E-state index < -0.39 is 36.3 Å². The molecule has 0 atom stereocenters. The number of hydrogen-bond acceptors (Lipinski definition) is 7. The van der Waals surface area contributed by atoms with Gasteiger partial charge in [0.05, 0.1) is 0 Å². The molecule has 1 aromatic heterocycles. The van der Waals surface area contributed by atoms with Gasteiger partial charge < -0.3 is 19.8 Å². The molecule has 0 unspecified atom stereocenters. The molecule has 0 N–H and O–H groups in total. The number of ketones is 2. The molecule has 0 aliphatic heterocycles.